The fourth-order valence-corrected chi connectivity index (χ4v) is 2.41. The van der Waals surface area contributed by atoms with Gasteiger partial charge in [-0.15, -0.1) is 0 Å². The first-order valence-corrected chi connectivity index (χ1v) is 7.51. The number of carboxylic acid groups (broad SMARTS) is 1. The smallest absolute Gasteiger partial charge is 0.300 e. The SMILES string of the molecule is CC(=O)O.CCCCCCC(C)N1CCCCC1. The van der Waals surface area contributed by atoms with Gasteiger partial charge in [0.15, 0.2) is 0 Å². The molecule has 1 heterocycles. The van der Waals surface area contributed by atoms with Crippen LogP contribution in [0.15, 0.2) is 0 Å². The minimum Gasteiger partial charge on any atom is -0.481 e. The van der Waals surface area contributed by atoms with Crippen molar-refractivity contribution >= 4 is 5.97 Å². The highest BCUT2D eigenvalue weighted by Crippen LogP contribution is 2.16. The molecule has 3 nitrogen and oxygen atoms in total. The molecule has 1 aliphatic rings. The summed E-state index contributed by atoms with van der Waals surface area (Å²) in [6.07, 6.45) is 11.4. The van der Waals surface area contributed by atoms with E-state index in [1.54, 1.807) is 0 Å². The second-order valence-electron chi connectivity index (χ2n) is 5.31. The summed E-state index contributed by atoms with van der Waals surface area (Å²) in [5, 5.41) is 7.42. The molecule has 0 saturated carbocycles. The van der Waals surface area contributed by atoms with E-state index in [-0.39, 0.29) is 0 Å². The van der Waals surface area contributed by atoms with E-state index in [4.69, 9.17) is 9.90 Å². The third kappa shape index (κ3) is 10.6. The number of nitrogens with zero attached hydrogens (tertiary/aromatic N) is 1. The molecule has 1 unspecified atom stereocenters. The Morgan fingerprint density at radius 3 is 2.22 bits per heavy atom. The van der Waals surface area contributed by atoms with Gasteiger partial charge < -0.3 is 10.0 Å². The molecule has 108 valence electrons. The van der Waals surface area contributed by atoms with E-state index < -0.39 is 5.97 Å². The van der Waals surface area contributed by atoms with E-state index in [0.29, 0.717) is 0 Å². The molecule has 0 spiro atoms. The van der Waals surface area contributed by atoms with Gasteiger partial charge in [-0.3, -0.25) is 4.79 Å². The number of aliphatic carboxylic acids is 1. The van der Waals surface area contributed by atoms with Crippen LogP contribution in [0.5, 0.6) is 0 Å². The molecule has 0 aliphatic carbocycles. The summed E-state index contributed by atoms with van der Waals surface area (Å²) < 4.78 is 0. The highest BCUT2D eigenvalue weighted by atomic mass is 16.4. The molecule has 1 atom stereocenters. The molecular weight excluding hydrogens is 226 g/mol. The average Bonchev–Trinajstić information content (AvgIpc) is 2.35. The number of likely N-dealkylation sites (tertiary alicyclic amines) is 1. The molecule has 1 saturated heterocycles. The Balaban J connectivity index is 0.000000631. The van der Waals surface area contributed by atoms with Crippen LogP contribution in [0.1, 0.15) is 72.1 Å². The Labute approximate surface area is 113 Å². The maximum absolute atomic E-state index is 9.00. The van der Waals surface area contributed by atoms with Gasteiger partial charge in [-0.2, -0.15) is 0 Å². The van der Waals surface area contributed by atoms with Crippen molar-refractivity contribution in [2.75, 3.05) is 13.1 Å². The van der Waals surface area contributed by atoms with E-state index in [1.165, 1.54) is 64.5 Å². The van der Waals surface area contributed by atoms with Crippen LogP contribution in [-0.4, -0.2) is 35.1 Å². The lowest BCUT2D eigenvalue weighted by molar-refractivity contribution is -0.134. The second-order valence-corrected chi connectivity index (χ2v) is 5.31. The summed E-state index contributed by atoms with van der Waals surface area (Å²) >= 11 is 0. The van der Waals surface area contributed by atoms with Gasteiger partial charge in [-0.25, -0.2) is 0 Å². The fourth-order valence-electron chi connectivity index (χ4n) is 2.41. The lowest BCUT2D eigenvalue weighted by Gasteiger charge is -2.32. The number of piperidine rings is 1. The first kappa shape index (κ1) is 17.4. The van der Waals surface area contributed by atoms with Gasteiger partial charge in [0, 0.05) is 13.0 Å². The quantitative estimate of drug-likeness (QED) is 0.733. The number of hydrogen-bond acceptors (Lipinski definition) is 2. The van der Waals surface area contributed by atoms with Crippen LogP contribution in [-0.2, 0) is 4.79 Å². The molecule has 0 aromatic heterocycles. The van der Waals surface area contributed by atoms with Crippen molar-refractivity contribution in [1.82, 2.24) is 4.90 Å². The van der Waals surface area contributed by atoms with E-state index in [2.05, 4.69) is 18.7 Å². The number of unbranched alkanes of at least 4 members (excludes halogenated alkanes) is 3. The minimum absolute atomic E-state index is 0.833. The average molecular weight is 257 g/mol. The Bertz CT molecular complexity index is 197. The van der Waals surface area contributed by atoms with Gasteiger partial charge in [0.05, 0.1) is 0 Å². The zero-order valence-electron chi connectivity index (χ0n) is 12.5. The lowest BCUT2D eigenvalue weighted by Crippen LogP contribution is -2.37. The highest BCUT2D eigenvalue weighted by Gasteiger charge is 2.15. The van der Waals surface area contributed by atoms with Crippen LogP contribution < -0.4 is 0 Å². The maximum atomic E-state index is 9.00. The predicted octanol–water partition coefficient (Wildman–Crippen LogP) is 3.92. The number of carboxylic acids is 1. The predicted molar refractivity (Wildman–Crippen MR) is 77.0 cm³/mol. The van der Waals surface area contributed by atoms with Gasteiger partial charge >= 0.3 is 0 Å². The molecule has 0 bridgehead atoms. The molecule has 1 fully saturated rings. The summed E-state index contributed by atoms with van der Waals surface area (Å²) in [6, 6.07) is 0.840. The molecule has 3 heteroatoms. The number of hydrogen-bond donors (Lipinski definition) is 1. The van der Waals surface area contributed by atoms with Crippen molar-refractivity contribution < 1.29 is 9.90 Å². The summed E-state index contributed by atoms with van der Waals surface area (Å²) in [5.74, 6) is -0.833. The fraction of sp³-hybridized carbons (Fsp3) is 0.933. The van der Waals surface area contributed by atoms with E-state index in [1.807, 2.05) is 0 Å². The van der Waals surface area contributed by atoms with Crippen LogP contribution in [0.3, 0.4) is 0 Å². The second kappa shape index (κ2) is 11.5. The van der Waals surface area contributed by atoms with Gasteiger partial charge in [0.2, 0.25) is 0 Å². The summed E-state index contributed by atoms with van der Waals surface area (Å²) in [6.45, 7) is 8.50. The van der Waals surface area contributed by atoms with Crippen LogP contribution in [0.2, 0.25) is 0 Å². The van der Waals surface area contributed by atoms with Crippen molar-refractivity contribution in [3.05, 3.63) is 0 Å². The third-order valence-electron chi connectivity index (χ3n) is 3.49. The minimum atomic E-state index is -0.833. The summed E-state index contributed by atoms with van der Waals surface area (Å²) in [7, 11) is 0. The Morgan fingerprint density at radius 2 is 1.72 bits per heavy atom. The number of rotatable bonds is 6. The van der Waals surface area contributed by atoms with Crippen LogP contribution in [0.4, 0.5) is 0 Å². The molecule has 0 amide bonds. The molecule has 18 heavy (non-hydrogen) atoms. The van der Waals surface area contributed by atoms with Crippen LogP contribution >= 0.6 is 0 Å². The maximum Gasteiger partial charge on any atom is 0.300 e. The van der Waals surface area contributed by atoms with Crippen molar-refractivity contribution in [3.8, 4) is 0 Å². The number of carbonyl (C=O) groups is 1. The normalized spacial score (nSPS) is 17.7. The molecule has 0 aromatic rings. The molecule has 0 radical (unpaired) electrons. The molecular formula is C15H31NO2. The Morgan fingerprint density at radius 1 is 1.17 bits per heavy atom. The standard InChI is InChI=1S/C13H27N.C2H4O2/c1-3-4-5-7-10-13(2)14-11-8-6-9-12-14;1-2(3)4/h13H,3-12H2,1-2H3;1H3,(H,3,4). The largest absolute Gasteiger partial charge is 0.481 e. The van der Waals surface area contributed by atoms with Crippen molar-refractivity contribution in [2.24, 2.45) is 0 Å². The third-order valence-corrected chi connectivity index (χ3v) is 3.49. The summed E-state index contributed by atoms with van der Waals surface area (Å²) in [5.41, 5.74) is 0. The summed E-state index contributed by atoms with van der Waals surface area (Å²) in [4.78, 5) is 11.7. The Kier molecular flexibility index (Phi) is 11.2. The van der Waals surface area contributed by atoms with Gasteiger partial charge in [0.1, 0.15) is 0 Å². The van der Waals surface area contributed by atoms with E-state index >= 15 is 0 Å². The molecule has 1 N–H and O–H groups in total. The zero-order valence-corrected chi connectivity index (χ0v) is 12.5. The van der Waals surface area contributed by atoms with Crippen LogP contribution in [0.25, 0.3) is 0 Å². The highest BCUT2D eigenvalue weighted by molar-refractivity contribution is 5.62. The van der Waals surface area contributed by atoms with Gasteiger partial charge in [-0.1, -0.05) is 39.0 Å². The Hall–Kier alpha value is -0.570. The van der Waals surface area contributed by atoms with E-state index in [9.17, 15) is 0 Å². The first-order chi connectivity index (χ1) is 8.57. The monoisotopic (exact) mass is 257 g/mol. The van der Waals surface area contributed by atoms with Crippen molar-refractivity contribution in [3.63, 3.8) is 0 Å². The molecule has 1 aliphatic heterocycles. The zero-order chi connectivity index (χ0) is 13.8. The topological polar surface area (TPSA) is 40.5 Å². The van der Waals surface area contributed by atoms with Gasteiger partial charge in [0.25, 0.3) is 5.97 Å². The molecule has 0 aromatic carbocycles. The van der Waals surface area contributed by atoms with Crippen molar-refractivity contribution in [2.45, 2.75) is 78.2 Å². The lowest BCUT2D eigenvalue weighted by atomic mass is 10.0. The molecule has 1 rings (SSSR count). The van der Waals surface area contributed by atoms with Gasteiger partial charge in [-0.05, 0) is 39.3 Å². The van der Waals surface area contributed by atoms with E-state index in [0.717, 1.165) is 13.0 Å². The van der Waals surface area contributed by atoms with Crippen molar-refractivity contribution in [1.29, 1.82) is 0 Å². The first-order valence-electron chi connectivity index (χ1n) is 7.51. The van der Waals surface area contributed by atoms with Crippen LogP contribution in [0, 0.1) is 0 Å².